The molecule has 7 nitrogen and oxygen atoms in total. The van der Waals surface area contributed by atoms with Crippen LogP contribution in [0.1, 0.15) is 36.5 Å². The van der Waals surface area contributed by atoms with Crippen molar-refractivity contribution in [2.75, 3.05) is 24.5 Å². The van der Waals surface area contributed by atoms with Crippen LogP contribution in [-0.2, 0) is 9.59 Å². The molecule has 25 heavy (non-hydrogen) atoms. The van der Waals surface area contributed by atoms with Crippen LogP contribution < -0.4 is 16.0 Å². The number of anilines is 1. The third-order valence-corrected chi connectivity index (χ3v) is 4.89. The Hall–Kier alpha value is -2.41. The van der Waals surface area contributed by atoms with E-state index in [0.717, 1.165) is 25.1 Å². The van der Waals surface area contributed by atoms with Crippen LogP contribution in [0.25, 0.3) is 0 Å². The first-order chi connectivity index (χ1) is 12.0. The van der Waals surface area contributed by atoms with E-state index in [2.05, 4.69) is 5.32 Å². The third-order valence-electron chi connectivity index (χ3n) is 4.89. The fourth-order valence-electron chi connectivity index (χ4n) is 3.36. The number of hydrogen-bond acceptors (Lipinski definition) is 4. The van der Waals surface area contributed by atoms with Crippen LogP contribution in [0.3, 0.4) is 0 Å². The van der Waals surface area contributed by atoms with Crippen LogP contribution in [0, 0.1) is 0 Å². The number of carbonyl (C=O) groups excluding carboxylic acids is 3. The number of hydrogen-bond donors (Lipinski definition) is 2. The molecule has 2 atom stereocenters. The molecule has 2 heterocycles. The lowest BCUT2D eigenvalue weighted by molar-refractivity contribution is -0.127. The molecule has 3 amide bonds. The average Bonchev–Trinajstić information content (AvgIpc) is 2.96. The average molecular weight is 344 g/mol. The molecule has 2 aliphatic rings. The van der Waals surface area contributed by atoms with Gasteiger partial charge in [-0.1, -0.05) is 0 Å². The summed E-state index contributed by atoms with van der Waals surface area (Å²) in [7, 11) is 0. The molecular formula is C18H24N4O3. The second kappa shape index (κ2) is 7.23. The lowest BCUT2D eigenvalue weighted by Crippen LogP contribution is -2.46. The summed E-state index contributed by atoms with van der Waals surface area (Å²) >= 11 is 0. The molecule has 0 radical (unpaired) electrons. The highest BCUT2D eigenvalue weighted by Gasteiger charge is 2.32. The number of piperidine rings is 1. The van der Waals surface area contributed by atoms with Gasteiger partial charge in [-0.2, -0.15) is 0 Å². The van der Waals surface area contributed by atoms with Crippen molar-refractivity contribution in [1.82, 2.24) is 10.2 Å². The molecule has 0 aliphatic carbocycles. The van der Waals surface area contributed by atoms with Crippen molar-refractivity contribution in [3.05, 3.63) is 29.8 Å². The van der Waals surface area contributed by atoms with E-state index in [0.29, 0.717) is 25.1 Å². The molecule has 2 aliphatic heterocycles. The number of carbonyl (C=O) groups is 3. The van der Waals surface area contributed by atoms with Gasteiger partial charge in [0.15, 0.2) is 0 Å². The van der Waals surface area contributed by atoms with Crippen LogP contribution in [-0.4, -0.2) is 54.3 Å². The summed E-state index contributed by atoms with van der Waals surface area (Å²) in [5.74, 6) is -0.130. The number of nitrogens with one attached hydrogen (secondary N) is 1. The number of likely N-dealkylation sites (tertiary alicyclic amines) is 1. The molecule has 2 unspecified atom stereocenters. The van der Waals surface area contributed by atoms with E-state index in [4.69, 9.17) is 5.73 Å². The Morgan fingerprint density at radius 3 is 2.48 bits per heavy atom. The minimum atomic E-state index is -0.266. The van der Waals surface area contributed by atoms with Crippen LogP contribution >= 0.6 is 0 Å². The summed E-state index contributed by atoms with van der Waals surface area (Å²) in [5.41, 5.74) is 7.35. The summed E-state index contributed by atoms with van der Waals surface area (Å²) in [6.45, 7) is 3.11. The smallest absolute Gasteiger partial charge is 0.251 e. The highest BCUT2D eigenvalue weighted by Crippen LogP contribution is 2.21. The Morgan fingerprint density at radius 2 is 1.88 bits per heavy atom. The Labute approximate surface area is 147 Å². The summed E-state index contributed by atoms with van der Waals surface area (Å²) in [4.78, 5) is 39.2. The van der Waals surface area contributed by atoms with Gasteiger partial charge in [0.1, 0.15) is 0 Å². The monoisotopic (exact) mass is 344 g/mol. The maximum Gasteiger partial charge on any atom is 0.251 e. The zero-order chi connectivity index (χ0) is 18.0. The number of benzene rings is 1. The van der Waals surface area contributed by atoms with E-state index in [1.807, 2.05) is 0 Å². The lowest BCUT2D eigenvalue weighted by Gasteiger charge is -2.26. The largest absolute Gasteiger partial charge is 0.346 e. The van der Waals surface area contributed by atoms with Crippen molar-refractivity contribution in [2.45, 2.75) is 38.3 Å². The molecule has 1 aromatic rings. The SMILES string of the molecule is CC(=O)N1CC(N)C(NC(=O)c2ccc(N3CCCCC3=O)cc2)C1. The van der Waals surface area contributed by atoms with E-state index in [1.54, 1.807) is 34.1 Å². The van der Waals surface area contributed by atoms with Gasteiger partial charge in [-0.05, 0) is 37.1 Å². The predicted octanol–water partition coefficient (Wildman–Crippen LogP) is 0.491. The van der Waals surface area contributed by atoms with E-state index in [-0.39, 0.29) is 29.8 Å². The van der Waals surface area contributed by atoms with Gasteiger partial charge < -0.3 is 20.9 Å². The molecular weight excluding hydrogens is 320 g/mol. The van der Waals surface area contributed by atoms with Gasteiger partial charge in [0.25, 0.3) is 5.91 Å². The Bertz CT molecular complexity index is 673. The molecule has 134 valence electrons. The van der Waals surface area contributed by atoms with Crippen molar-refractivity contribution in [2.24, 2.45) is 5.73 Å². The van der Waals surface area contributed by atoms with Gasteiger partial charge in [0.05, 0.1) is 6.04 Å². The molecule has 0 aromatic heterocycles. The highest BCUT2D eigenvalue weighted by atomic mass is 16.2. The molecule has 0 spiro atoms. The van der Waals surface area contributed by atoms with Crippen molar-refractivity contribution >= 4 is 23.4 Å². The second-order valence-electron chi connectivity index (χ2n) is 6.72. The molecule has 0 bridgehead atoms. The van der Waals surface area contributed by atoms with Gasteiger partial charge in [-0.15, -0.1) is 0 Å². The van der Waals surface area contributed by atoms with E-state index in [1.165, 1.54) is 6.92 Å². The molecule has 2 saturated heterocycles. The minimum absolute atomic E-state index is 0.0391. The van der Waals surface area contributed by atoms with Gasteiger partial charge in [-0.25, -0.2) is 0 Å². The zero-order valence-electron chi connectivity index (χ0n) is 14.4. The fourth-order valence-corrected chi connectivity index (χ4v) is 3.36. The Morgan fingerprint density at radius 1 is 1.16 bits per heavy atom. The van der Waals surface area contributed by atoms with E-state index in [9.17, 15) is 14.4 Å². The standard InChI is InChI=1S/C18H24N4O3/c1-12(23)21-10-15(19)16(11-21)20-18(25)13-5-7-14(8-6-13)22-9-3-2-4-17(22)24/h5-8,15-16H,2-4,9-11,19H2,1H3,(H,20,25). The lowest BCUT2D eigenvalue weighted by atomic mass is 10.1. The zero-order valence-corrected chi connectivity index (χ0v) is 14.4. The van der Waals surface area contributed by atoms with Crippen LogP contribution in [0.15, 0.2) is 24.3 Å². The molecule has 3 rings (SSSR count). The third kappa shape index (κ3) is 3.82. The first-order valence-corrected chi connectivity index (χ1v) is 8.68. The first kappa shape index (κ1) is 17.4. The van der Waals surface area contributed by atoms with Gasteiger partial charge >= 0.3 is 0 Å². The summed E-state index contributed by atoms with van der Waals surface area (Å²) in [5, 5.41) is 2.90. The number of nitrogens with two attached hydrogens (primary N) is 1. The topological polar surface area (TPSA) is 95.7 Å². The van der Waals surface area contributed by atoms with Gasteiger partial charge in [0.2, 0.25) is 11.8 Å². The summed E-state index contributed by atoms with van der Waals surface area (Å²) in [6.07, 6.45) is 2.52. The van der Waals surface area contributed by atoms with Crippen LogP contribution in [0.5, 0.6) is 0 Å². The van der Waals surface area contributed by atoms with Gasteiger partial charge in [0, 0.05) is 50.3 Å². The van der Waals surface area contributed by atoms with Crippen molar-refractivity contribution in [1.29, 1.82) is 0 Å². The Kier molecular flexibility index (Phi) is 5.03. The predicted molar refractivity (Wildman–Crippen MR) is 94.1 cm³/mol. The van der Waals surface area contributed by atoms with Crippen molar-refractivity contribution < 1.29 is 14.4 Å². The van der Waals surface area contributed by atoms with Crippen LogP contribution in [0.4, 0.5) is 5.69 Å². The molecule has 1 aromatic carbocycles. The quantitative estimate of drug-likeness (QED) is 0.834. The van der Waals surface area contributed by atoms with E-state index < -0.39 is 0 Å². The normalized spacial score (nSPS) is 23.7. The molecule has 7 heteroatoms. The summed E-state index contributed by atoms with van der Waals surface area (Å²) in [6, 6.07) is 6.52. The number of amides is 3. The van der Waals surface area contributed by atoms with Crippen LogP contribution in [0.2, 0.25) is 0 Å². The molecule has 2 fully saturated rings. The maximum atomic E-state index is 12.4. The Balaban J connectivity index is 1.63. The van der Waals surface area contributed by atoms with Gasteiger partial charge in [-0.3, -0.25) is 14.4 Å². The number of nitrogens with zero attached hydrogens (tertiary/aromatic N) is 2. The molecule has 3 N–H and O–H groups in total. The second-order valence-corrected chi connectivity index (χ2v) is 6.72. The first-order valence-electron chi connectivity index (χ1n) is 8.68. The fraction of sp³-hybridized carbons (Fsp3) is 0.500. The van der Waals surface area contributed by atoms with Crippen molar-refractivity contribution in [3.8, 4) is 0 Å². The number of rotatable bonds is 3. The highest BCUT2D eigenvalue weighted by molar-refractivity contribution is 5.97. The minimum Gasteiger partial charge on any atom is -0.346 e. The maximum absolute atomic E-state index is 12.4. The van der Waals surface area contributed by atoms with E-state index >= 15 is 0 Å². The summed E-state index contributed by atoms with van der Waals surface area (Å²) < 4.78 is 0. The molecule has 0 saturated carbocycles. The van der Waals surface area contributed by atoms with Crippen molar-refractivity contribution in [3.63, 3.8) is 0 Å².